The molecule has 1 aliphatic heterocycles. The largest absolute Gasteiger partial charge is 0.375 e. The van der Waals surface area contributed by atoms with Crippen molar-refractivity contribution in [2.24, 2.45) is 5.92 Å². The molecule has 0 spiro atoms. The van der Waals surface area contributed by atoms with Gasteiger partial charge in [0, 0.05) is 32.0 Å². The number of morpholine rings is 1. The van der Waals surface area contributed by atoms with Crippen molar-refractivity contribution in [1.29, 1.82) is 0 Å². The number of amides is 1. The quantitative estimate of drug-likeness (QED) is 0.836. The van der Waals surface area contributed by atoms with Crippen LogP contribution in [0.3, 0.4) is 0 Å². The van der Waals surface area contributed by atoms with E-state index in [1.165, 1.54) is 6.42 Å². The summed E-state index contributed by atoms with van der Waals surface area (Å²) in [7, 11) is 0. The highest BCUT2D eigenvalue weighted by atomic mass is 16.5. The number of nitrogens with zero attached hydrogens (tertiary/aromatic N) is 3. The van der Waals surface area contributed by atoms with Crippen LogP contribution < -0.4 is 5.32 Å². The van der Waals surface area contributed by atoms with Gasteiger partial charge in [0.2, 0.25) is 5.95 Å². The average Bonchev–Trinajstić information content (AvgIpc) is 2.55. The van der Waals surface area contributed by atoms with E-state index < -0.39 is 0 Å². The van der Waals surface area contributed by atoms with Crippen LogP contribution in [0.4, 0.5) is 5.95 Å². The molecule has 1 amide bonds. The first kappa shape index (κ1) is 17.7. The number of anilines is 1. The van der Waals surface area contributed by atoms with Crippen molar-refractivity contribution in [2.45, 2.75) is 46.1 Å². The number of nitrogens with one attached hydrogen (secondary N) is 1. The molecule has 6 nitrogen and oxygen atoms in total. The van der Waals surface area contributed by atoms with Crippen LogP contribution in [0.15, 0.2) is 12.4 Å². The maximum absolute atomic E-state index is 12.6. The summed E-state index contributed by atoms with van der Waals surface area (Å²) in [4.78, 5) is 22.8. The second kappa shape index (κ2) is 8.82. The van der Waals surface area contributed by atoms with Gasteiger partial charge in [-0.25, -0.2) is 9.97 Å². The second-order valence-electron chi connectivity index (χ2n) is 6.39. The lowest BCUT2D eigenvalue weighted by molar-refractivity contribution is -0.0260. The van der Waals surface area contributed by atoms with Crippen molar-refractivity contribution < 1.29 is 9.53 Å². The molecule has 1 aliphatic rings. The molecule has 128 valence electrons. The Labute approximate surface area is 138 Å². The number of hydrogen-bond acceptors (Lipinski definition) is 5. The van der Waals surface area contributed by atoms with Gasteiger partial charge in [-0.1, -0.05) is 26.7 Å². The highest BCUT2D eigenvalue weighted by Crippen LogP contribution is 2.16. The van der Waals surface area contributed by atoms with Gasteiger partial charge in [0.1, 0.15) is 0 Å². The summed E-state index contributed by atoms with van der Waals surface area (Å²) in [5.41, 5.74) is 0.537. The summed E-state index contributed by atoms with van der Waals surface area (Å²) in [6, 6.07) is 0. The lowest BCUT2D eigenvalue weighted by Crippen LogP contribution is -2.45. The van der Waals surface area contributed by atoms with Crippen LogP contribution >= 0.6 is 0 Å². The number of carbonyl (C=O) groups excluding carboxylic acids is 1. The molecule has 6 heteroatoms. The van der Waals surface area contributed by atoms with Gasteiger partial charge in [-0.15, -0.1) is 0 Å². The topological polar surface area (TPSA) is 67.4 Å². The highest BCUT2D eigenvalue weighted by molar-refractivity contribution is 5.93. The molecule has 1 atom stereocenters. The number of aromatic nitrogens is 2. The van der Waals surface area contributed by atoms with Gasteiger partial charge < -0.3 is 15.0 Å². The van der Waals surface area contributed by atoms with Crippen molar-refractivity contribution in [3.05, 3.63) is 18.0 Å². The highest BCUT2D eigenvalue weighted by Gasteiger charge is 2.25. The number of hydrogen-bond donors (Lipinski definition) is 1. The Morgan fingerprint density at radius 1 is 1.43 bits per heavy atom. The zero-order chi connectivity index (χ0) is 16.7. The van der Waals surface area contributed by atoms with Gasteiger partial charge in [0.15, 0.2) is 0 Å². The monoisotopic (exact) mass is 320 g/mol. The molecular weight excluding hydrogens is 292 g/mol. The van der Waals surface area contributed by atoms with Gasteiger partial charge in [-0.05, 0) is 19.3 Å². The maximum Gasteiger partial charge on any atom is 0.257 e. The molecule has 0 radical (unpaired) electrons. The van der Waals surface area contributed by atoms with Crippen LogP contribution in [0.25, 0.3) is 0 Å². The average molecular weight is 320 g/mol. The molecule has 1 unspecified atom stereocenters. The van der Waals surface area contributed by atoms with Crippen LogP contribution in [0.2, 0.25) is 0 Å². The first-order chi connectivity index (χ1) is 11.1. The van der Waals surface area contributed by atoms with Crippen LogP contribution in [-0.2, 0) is 4.74 Å². The van der Waals surface area contributed by atoms with E-state index in [9.17, 15) is 4.79 Å². The third-order valence-corrected chi connectivity index (χ3v) is 3.97. The van der Waals surface area contributed by atoms with E-state index in [0.29, 0.717) is 37.1 Å². The van der Waals surface area contributed by atoms with E-state index in [1.54, 1.807) is 12.4 Å². The summed E-state index contributed by atoms with van der Waals surface area (Å²) >= 11 is 0. The molecule has 0 bridgehead atoms. The smallest absolute Gasteiger partial charge is 0.257 e. The third-order valence-electron chi connectivity index (χ3n) is 3.97. The Bertz CT molecular complexity index is 490. The zero-order valence-corrected chi connectivity index (χ0v) is 14.4. The Morgan fingerprint density at radius 3 is 2.83 bits per heavy atom. The van der Waals surface area contributed by atoms with Crippen molar-refractivity contribution >= 4 is 11.9 Å². The van der Waals surface area contributed by atoms with Gasteiger partial charge in [-0.2, -0.15) is 0 Å². The van der Waals surface area contributed by atoms with E-state index in [4.69, 9.17) is 4.74 Å². The zero-order valence-electron chi connectivity index (χ0n) is 14.4. The number of rotatable bonds is 7. The Balaban J connectivity index is 1.88. The maximum atomic E-state index is 12.6. The predicted molar refractivity (Wildman–Crippen MR) is 90.5 cm³/mol. The van der Waals surface area contributed by atoms with Gasteiger partial charge in [0.05, 0.1) is 18.3 Å². The Hall–Kier alpha value is -1.69. The molecule has 0 saturated carbocycles. The molecule has 0 aromatic carbocycles. The minimum absolute atomic E-state index is 0.00907. The molecular formula is C17H28N4O2. The summed E-state index contributed by atoms with van der Waals surface area (Å²) in [5.74, 6) is 1.26. The standard InChI is InChI=1S/C17H28N4O2/c1-4-18-17-19-10-14(11-20-17)16(22)21-8-9-23-15(12-21)7-5-6-13(2)3/h10-11,13,15H,4-9,12H2,1-3H3,(H,18,19,20). The van der Waals surface area contributed by atoms with E-state index >= 15 is 0 Å². The molecule has 2 heterocycles. The van der Waals surface area contributed by atoms with Crippen LogP contribution in [0.1, 0.15) is 50.4 Å². The van der Waals surface area contributed by atoms with Crippen molar-refractivity contribution in [1.82, 2.24) is 14.9 Å². The van der Waals surface area contributed by atoms with Crippen LogP contribution in [-0.4, -0.2) is 53.1 Å². The lowest BCUT2D eigenvalue weighted by Gasteiger charge is -2.33. The van der Waals surface area contributed by atoms with E-state index in [2.05, 4.69) is 29.1 Å². The molecule has 0 aliphatic carbocycles. The van der Waals surface area contributed by atoms with Crippen molar-refractivity contribution in [2.75, 3.05) is 31.6 Å². The van der Waals surface area contributed by atoms with Gasteiger partial charge >= 0.3 is 0 Å². The van der Waals surface area contributed by atoms with Gasteiger partial charge in [-0.3, -0.25) is 4.79 Å². The molecule has 1 aromatic heterocycles. The summed E-state index contributed by atoms with van der Waals surface area (Å²) in [6.45, 7) is 9.10. The van der Waals surface area contributed by atoms with Crippen LogP contribution in [0, 0.1) is 5.92 Å². The van der Waals surface area contributed by atoms with Crippen molar-refractivity contribution in [3.63, 3.8) is 0 Å². The van der Waals surface area contributed by atoms with E-state index in [-0.39, 0.29) is 12.0 Å². The SMILES string of the molecule is CCNc1ncc(C(=O)N2CCOC(CCCC(C)C)C2)cn1. The predicted octanol–water partition coefficient (Wildman–Crippen LogP) is 2.58. The lowest BCUT2D eigenvalue weighted by atomic mass is 10.0. The summed E-state index contributed by atoms with van der Waals surface area (Å²) < 4.78 is 5.79. The molecule has 1 N–H and O–H groups in total. The fraction of sp³-hybridized carbons (Fsp3) is 0.706. The minimum atomic E-state index is -0.00907. The second-order valence-corrected chi connectivity index (χ2v) is 6.39. The number of carbonyl (C=O) groups is 1. The minimum Gasteiger partial charge on any atom is -0.375 e. The normalized spacial score (nSPS) is 18.3. The Kier molecular flexibility index (Phi) is 6.77. The summed E-state index contributed by atoms with van der Waals surface area (Å²) in [6.07, 6.45) is 6.69. The fourth-order valence-electron chi connectivity index (χ4n) is 2.70. The number of ether oxygens (including phenoxy) is 1. The summed E-state index contributed by atoms with van der Waals surface area (Å²) in [5, 5.41) is 3.03. The molecule has 1 saturated heterocycles. The molecule has 2 rings (SSSR count). The first-order valence-electron chi connectivity index (χ1n) is 8.57. The van der Waals surface area contributed by atoms with E-state index in [0.717, 1.165) is 19.4 Å². The third kappa shape index (κ3) is 5.46. The van der Waals surface area contributed by atoms with Crippen molar-refractivity contribution in [3.8, 4) is 0 Å². The van der Waals surface area contributed by atoms with E-state index in [1.807, 2.05) is 11.8 Å². The molecule has 23 heavy (non-hydrogen) atoms. The first-order valence-corrected chi connectivity index (χ1v) is 8.57. The molecule has 1 fully saturated rings. The van der Waals surface area contributed by atoms with Crippen LogP contribution in [0.5, 0.6) is 0 Å². The Morgan fingerprint density at radius 2 is 2.17 bits per heavy atom. The fourth-order valence-corrected chi connectivity index (χ4v) is 2.70. The molecule has 1 aromatic rings. The van der Waals surface area contributed by atoms with Gasteiger partial charge in [0.25, 0.3) is 5.91 Å².